The molecule has 0 aliphatic carbocycles. The monoisotopic (exact) mass is 297 g/mol. The molecule has 0 aliphatic heterocycles. The number of benzene rings is 1. The molecule has 1 aromatic carbocycles. The minimum Gasteiger partial charge on any atom is -0.218 e. The largest absolute Gasteiger partial charge is 0.218 e. The van der Waals surface area contributed by atoms with E-state index in [9.17, 15) is 0 Å². The van der Waals surface area contributed by atoms with Crippen molar-refractivity contribution in [3.05, 3.63) is 42.0 Å². The van der Waals surface area contributed by atoms with Crippen LogP contribution in [0.4, 0.5) is 0 Å². The van der Waals surface area contributed by atoms with Crippen molar-refractivity contribution in [1.82, 2.24) is 15.0 Å². The molecule has 0 amide bonds. The fourth-order valence-electron chi connectivity index (χ4n) is 2.47. The summed E-state index contributed by atoms with van der Waals surface area (Å²) in [7, 11) is 0. The zero-order chi connectivity index (χ0) is 15.6. The Morgan fingerprint density at radius 3 is 1.73 bits per heavy atom. The SMILES string of the molecule is CCCCCc1nc(CCCCC)nc(-c2ccccc2)n1. The molecule has 22 heavy (non-hydrogen) atoms. The highest BCUT2D eigenvalue weighted by Crippen LogP contribution is 2.16. The Labute approximate surface area is 134 Å². The molecule has 0 spiro atoms. The van der Waals surface area contributed by atoms with E-state index in [2.05, 4.69) is 40.9 Å². The summed E-state index contributed by atoms with van der Waals surface area (Å²) >= 11 is 0. The van der Waals surface area contributed by atoms with Gasteiger partial charge in [0.1, 0.15) is 11.6 Å². The highest BCUT2D eigenvalue weighted by molar-refractivity contribution is 5.54. The van der Waals surface area contributed by atoms with Crippen molar-refractivity contribution >= 4 is 0 Å². The molecule has 118 valence electrons. The molecule has 0 atom stereocenters. The Morgan fingerprint density at radius 1 is 0.682 bits per heavy atom. The second kappa shape index (κ2) is 9.29. The lowest BCUT2D eigenvalue weighted by atomic mass is 10.1. The third-order valence-corrected chi connectivity index (χ3v) is 3.77. The summed E-state index contributed by atoms with van der Waals surface area (Å²) in [5.74, 6) is 2.73. The fourth-order valence-corrected chi connectivity index (χ4v) is 2.47. The van der Waals surface area contributed by atoms with E-state index in [-0.39, 0.29) is 0 Å². The van der Waals surface area contributed by atoms with Gasteiger partial charge in [-0.15, -0.1) is 0 Å². The third-order valence-electron chi connectivity index (χ3n) is 3.77. The van der Waals surface area contributed by atoms with Crippen molar-refractivity contribution < 1.29 is 0 Å². The number of hydrogen-bond acceptors (Lipinski definition) is 3. The highest BCUT2D eigenvalue weighted by atomic mass is 15.0. The Hall–Kier alpha value is -1.77. The summed E-state index contributed by atoms with van der Waals surface area (Å²) in [6, 6.07) is 10.2. The van der Waals surface area contributed by atoms with E-state index in [1.165, 1.54) is 25.7 Å². The van der Waals surface area contributed by atoms with Crippen molar-refractivity contribution in [3.8, 4) is 11.4 Å². The van der Waals surface area contributed by atoms with Gasteiger partial charge < -0.3 is 0 Å². The first-order valence-corrected chi connectivity index (χ1v) is 8.62. The first-order valence-electron chi connectivity index (χ1n) is 8.62. The molecule has 2 rings (SSSR count). The van der Waals surface area contributed by atoms with Crippen LogP contribution in [-0.2, 0) is 12.8 Å². The maximum atomic E-state index is 4.68. The second-order valence-electron chi connectivity index (χ2n) is 5.77. The molecule has 0 bridgehead atoms. The van der Waals surface area contributed by atoms with E-state index in [4.69, 9.17) is 0 Å². The summed E-state index contributed by atoms with van der Waals surface area (Å²) in [6.07, 6.45) is 9.13. The smallest absolute Gasteiger partial charge is 0.163 e. The standard InChI is InChI=1S/C19H27N3/c1-3-5-8-14-17-20-18(15-9-6-4-2)22-19(21-17)16-12-10-7-11-13-16/h7,10-13H,3-6,8-9,14-15H2,1-2H3. The highest BCUT2D eigenvalue weighted by Gasteiger charge is 2.08. The van der Waals surface area contributed by atoms with E-state index >= 15 is 0 Å². The molecular formula is C19H27N3. The maximum Gasteiger partial charge on any atom is 0.163 e. The van der Waals surface area contributed by atoms with E-state index in [0.717, 1.165) is 48.7 Å². The van der Waals surface area contributed by atoms with Crippen LogP contribution >= 0.6 is 0 Å². The van der Waals surface area contributed by atoms with Crippen molar-refractivity contribution in [1.29, 1.82) is 0 Å². The van der Waals surface area contributed by atoms with Gasteiger partial charge in [-0.2, -0.15) is 0 Å². The van der Waals surface area contributed by atoms with E-state index in [1.807, 2.05) is 18.2 Å². The van der Waals surface area contributed by atoms with Gasteiger partial charge in [-0.05, 0) is 12.8 Å². The van der Waals surface area contributed by atoms with Crippen LogP contribution in [-0.4, -0.2) is 15.0 Å². The Bertz CT molecular complexity index is 524. The van der Waals surface area contributed by atoms with Gasteiger partial charge in [0.2, 0.25) is 0 Å². The Morgan fingerprint density at radius 2 is 1.23 bits per heavy atom. The third kappa shape index (κ3) is 5.21. The summed E-state index contributed by atoms with van der Waals surface area (Å²) in [5.41, 5.74) is 1.08. The molecule has 0 saturated carbocycles. The fraction of sp³-hybridized carbons (Fsp3) is 0.526. The molecule has 2 aromatic rings. The molecule has 0 fully saturated rings. The van der Waals surface area contributed by atoms with Crippen LogP contribution in [0, 0.1) is 0 Å². The van der Waals surface area contributed by atoms with Gasteiger partial charge in [0.15, 0.2) is 5.82 Å². The minimum absolute atomic E-state index is 0.827. The van der Waals surface area contributed by atoms with Gasteiger partial charge in [-0.3, -0.25) is 0 Å². The predicted octanol–water partition coefficient (Wildman–Crippen LogP) is 5.00. The van der Waals surface area contributed by atoms with Gasteiger partial charge in [0.05, 0.1) is 0 Å². The first-order chi connectivity index (χ1) is 10.8. The molecule has 3 nitrogen and oxygen atoms in total. The van der Waals surface area contributed by atoms with Gasteiger partial charge in [0.25, 0.3) is 0 Å². The van der Waals surface area contributed by atoms with Crippen molar-refractivity contribution in [3.63, 3.8) is 0 Å². The lowest BCUT2D eigenvalue weighted by Crippen LogP contribution is -2.06. The summed E-state index contributed by atoms with van der Waals surface area (Å²) in [5, 5.41) is 0. The van der Waals surface area contributed by atoms with Crippen molar-refractivity contribution in [2.75, 3.05) is 0 Å². The molecular weight excluding hydrogens is 270 g/mol. The molecule has 3 heteroatoms. The Kier molecular flexibility index (Phi) is 7.01. The first kappa shape index (κ1) is 16.6. The topological polar surface area (TPSA) is 38.7 Å². The number of rotatable bonds is 9. The van der Waals surface area contributed by atoms with Gasteiger partial charge in [-0.25, -0.2) is 15.0 Å². The lowest BCUT2D eigenvalue weighted by Gasteiger charge is -2.07. The van der Waals surface area contributed by atoms with E-state index in [0.29, 0.717) is 0 Å². The van der Waals surface area contributed by atoms with Crippen LogP contribution in [0.2, 0.25) is 0 Å². The molecule has 1 aromatic heterocycles. The zero-order valence-electron chi connectivity index (χ0n) is 13.9. The van der Waals surface area contributed by atoms with Crippen molar-refractivity contribution in [2.45, 2.75) is 65.2 Å². The lowest BCUT2D eigenvalue weighted by molar-refractivity contribution is 0.661. The van der Waals surface area contributed by atoms with Crippen LogP contribution < -0.4 is 0 Å². The predicted molar refractivity (Wildman–Crippen MR) is 91.7 cm³/mol. The second-order valence-corrected chi connectivity index (χ2v) is 5.77. The summed E-state index contributed by atoms with van der Waals surface area (Å²) in [4.78, 5) is 14.0. The van der Waals surface area contributed by atoms with E-state index < -0.39 is 0 Å². The quantitative estimate of drug-likeness (QED) is 0.611. The van der Waals surface area contributed by atoms with Gasteiger partial charge >= 0.3 is 0 Å². The van der Waals surface area contributed by atoms with Crippen LogP contribution in [0.5, 0.6) is 0 Å². The average Bonchev–Trinajstić information content (AvgIpc) is 2.56. The molecule has 0 unspecified atom stereocenters. The van der Waals surface area contributed by atoms with Crippen LogP contribution in [0.1, 0.15) is 64.0 Å². The zero-order valence-corrected chi connectivity index (χ0v) is 13.9. The molecule has 0 radical (unpaired) electrons. The minimum atomic E-state index is 0.827. The van der Waals surface area contributed by atoms with E-state index in [1.54, 1.807) is 0 Å². The average molecular weight is 297 g/mol. The molecule has 0 N–H and O–H groups in total. The molecule has 0 saturated heterocycles. The summed E-state index contributed by atoms with van der Waals surface area (Å²) in [6.45, 7) is 4.44. The normalized spacial score (nSPS) is 10.8. The van der Waals surface area contributed by atoms with Crippen LogP contribution in [0.3, 0.4) is 0 Å². The molecule has 0 aliphatic rings. The maximum absolute atomic E-state index is 4.68. The number of aromatic nitrogens is 3. The van der Waals surface area contributed by atoms with Gasteiger partial charge in [0, 0.05) is 18.4 Å². The number of hydrogen-bond donors (Lipinski definition) is 0. The number of nitrogens with zero attached hydrogens (tertiary/aromatic N) is 3. The number of unbranched alkanes of at least 4 members (excludes halogenated alkanes) is 4. The number of aryl methyl sites for hydroxylation is 2. The van der Waals surface area contributed by atoms with Gasteiger partial charge in [-0.1, -0.05) is 69.9 Å². The summed E-state index contributed by atoms with van der Waals surface area (Å²) < 4.78 is 0. The van der Waals surface area contributed by atoms with Crippen LogP contribution in [0.25, 0.3) is 11.4 Å². The van der Waals surface area contributed by atoms with Crippen molar-refractivity contribution in [2.24, 2.45) is 0 Å². The molecule has 1 heterocycles. The Balaban J connectivity index is 2.19. The van der Waals surface area contributed by atoms with Crippen LogP contribution in [0.15, 0.2) is 30.3 Å².